The molecule has 1 heterocycles. The number of methoxy groups -OCH3 is 1. The van der Waals surface area contributed by atoms with E-state index in [2.05, 4.69) is 15.2 Å². The first-order chi connectivity index (χ1) is 15.7. The second kappa shape index (κ2) is 10.4. The summed E-state index contributed by atoms with van der Waals surface area (Å²) < 4.78 is 43.4. The fraction of sp³-hybridized carbons (Fsp3) is 0.304. The fourth-order valence-electron chi connectivity index (χ4n) is 3.03. The van der Waals surface area contributed by atoms with Crippen molar-refractivity contribution in [2.75, 3.05) is 23.8 Å². The van der Waals surface area contributed by atoms with Gasteiger partial charge in [-0.25, -0.2) is 13.1 Å². The number of aryl methyl sites for hydroxylation is 2. The van der Waals surface area contributed by atoms with Crippen LogP contribution < -0.4 is 19.5 Å². The zero-order valence-corrected chi connectivity index (χ0v) is 19.8. The van der Waals surface area contributed by atoms with E-state index in [1.165, 1.54) is 24.3 Å². The molecule has 0 atom stereocenters. The van der Waals surface area contributed by atoms with E-state index in [0.29, 0.717) is 41.5 Å². The molecule has 1 amide bonds. The molecule has 33 heavy (non-hydrogen) atoms. The SMILES string of the molecule is CCOc1ccc(CCC(=O)Nc2ccc(S(=O)(=O)Nc3onc(C)c3C)cc2)cc1OC. The van der Waals surface area contributed by atoms with Crippen molar-refractivity contribution in [3.05, 3.63) is 59.3 Å². The van der Waals surface area contributed by atoms with Gasteiger partial charge in [0.1, 0.15) is 0 Å². The van der Waals surface area contributed by atoms with E-state index in [1.54, 1.807) is 21.0 Å². The second-order valence-corrected chi connectivity index (χ2v) is 9.00. The van der Waals surface area contributed by atoms with Gasteiger partial charge < -0.3 is 19.3 Å². The number of rotatable bonds is 10. The molecule has 0 saturated carbocycles. The average molecular weight is 474 g/mol. The Kier molecular flexibility index (Phi) is 7.59. The van der Waals surface area contributed by atoms with E-state index < -0.39 is 10.0 Å². The van der Waals surface area contributed by atoms with Crippen LogP contribution in [0.3, 0.4) is 0 Å². The van der Waals surface area contributed by atoms with E-state index in [1.807, 2.05) is 25.1 Å². The van der Waals surface area contributed by atoms with Gasteiger partial charge in [-0.3, -0.25) is 4.79 Å². The molecular formula is C23H27N3O6S. The maximum absolute atomic E-state index is 12.6. The Morgan fingerprint density at radius 1 is 1.09 bits per heavy atom. The third-order valence-electron chi connectivity index (χ3n) is 5.00. The maximum Gasteiger partial charge on any atom is 0.264 e. The molecule has 0 unspecified atom stereocenters. The number of carbonyl (C=O) groups excluding carboxylic acids is 1. The highest BCUT2D eigenvalue weighted by molar-refractivity contribution is 7.92. The smallest absolute Gasteiger partial charge is 0.264 e. The lowest BCUT2D eigenvalue weighted by atomic mass is 10.1. The molecule has 0 aliphatic carbocycles. The van der Waals surface area contributed by atoms with Crippen LogP contribution in [-0.2, 0) is 21.2 Å². The van der Waals surface area contributed by atoms with Gasteiger partial charge in [0.05, 0.1) is 24.3 Å². The zero-order valence-electron chi connectivity index (χ0n) is 19.0. The first-order valence-electron chi connectivity index (χ1n) is 10.4. The third-order valence-corrected chi connectivity index (χ3v) is 6.35. The molecule has 3 aromatic rings. The molecule has 2 aromatic carbocycles. The minimum atomic E-state index is -3.85. The largest absolute Gasteiger partial charge is 0.493 e. The highest BCUT2D eigenvalue weighted by Gasteiger charge is 2.19. The number of amides is 1. The van der Waals surface area contributed by atoms with Crippen LogP contribution >= 0.6 is 0 Å². The van der Waals surface area contributed by atoms with Crippen molar-refractivity contribution in [1.29, 1.82) is 0 Å². The summed E-state index contributed by atoms with van der Waals surface area (Å²) in [5, 5.41) is 6.51. The third kappa shape index (κ3) is 6.04. The lowest BCUT2D eigenvalue weighted by Gasteiger charge is -2.11. The molecule has 0 spiro atoms. The number of benzene rings is 2. The molecule has 1 aromatic heterocycles. The van der Waals surface area contributed by atoms with Crippen LogP contribution in [-0.4, -0.2) is 33.2 Å². The predicted octanol–water partition coefficient (Wildman–Crippen LogP) is 4.07. The highest BCUT2D eigenvalue weighted by atomic mass is 32.2. The molecule has 0 fully saturated rings. The Hall–Kier alpha value is -3.53. The van der Waals surface area contributed by atoms with E-state index >= 15 is 0 Å². The molecule has 0 radical (unpaired) electrons. The highest BCUT2D eigenvalue weighted by Crippen LogP contribution is 2.28. The van der Waals surface area contributed by atoms with Crippen LogP contribution in [0, 0.1) is 13.8 Å². The summed E-state index contributed by atoms with van der Waals surface area (Å²) in [5.41, 5.74) is 2.66. The molecule has 9 nitrogen and oxygen atoms in total. The van der Waals surface area contributed by atoms with E-state index in [-0.39, 0.29) is 23.1 Å². The van der Waals surface area contributed by atoms with Crippen LogP contribution in [0.15, 0.2) is 51.9 Å². The number of carbonyl (C=O) groups is 1. The van der Waals surface area contributed by atoms with Gasteiger partial charge in [0, 0.05) is 17.7 Å². The van der Waals surface area contributed by atoms with Crippen molar-refractivity contribution in [1.82, 2.24) is 5.16 Å². The van der Waals surface area contributed by atoms with Gasteiger partial charge in [-0.1, -0.05) is 11.2 Å². The number of anilines is 2. The number of nitrogens with zero attached hydrogens (tertiary/aromatic N) is 1. The topological polar surface area (TPSA) is 120 Å². The molecule has 176 valence electrons. The Labute approximate surface area is 193 Å². The summed E-state index contributed by atoms with van der Waals surface area (Å²) in [4.78, 5) is 12.4. The summed E-state index contributed by atoms with van der Waals surface area (Å²) in [7, 11) is -2.28. The number of nitrogens with one attached hydrogen (secondary N) is 2. The van der Waals surface area contributed by atoms with Crippen LogP contribution in [0.2, 0.25) is 0 Å². The van der Waals surface area contributed by atoms with Crippen LogP contribution in [0.25, 0.3) is 0 Å². The quantitative estimate of drug-likeness (QED) is 0.455. The summed E-state index contributed by atoms with van der Waals surface area (Å²) in [6.07, 6.45) is 0.768. The summed E-state index contributed by atoms with van der Waals surface area (Å²) in [5.74, 6) is 1.17. The van der Waals surface area contributed by atoms with Gasteiger partial charge in [-0.05, 0) is 69.2 Å². The first kappa shape index (κ1) is 24.1. The Morgan fingerprint density at radius 2 is 1.82 bits per heavy atom. The minimum absolute atomic E-state index is 0.0374. The molecule has 0 aliphatic heterocycles. The second-order valence-electron chi connectivity index (χ2n) is 7.32. The van der Waals surface area contributed by atoms with Crippen molar-refractivity contribution >= 4 is 27.5 Å². The number of hydrogen-bond acceptors (Lipinski definition) is 7. The van der Waals surface area contributed by atoms with Gasteiger partial charge in [-0.2, -0.15) is 0 Å². The van der Waals surface area contributed by atoms with Crippen molar-refractivity contribution < 1.29 is 27.2 Å². The first-order valence-corrected chi connectivity index (χ1v) is 11.9. The average Bonchev–Trinajstić information content (AvgIpc) is 3.10. The zero-order chi connectivity index (χ0) is 24.0. The van der Waals surface area contributed by atoms with Gasteiger partial charge in [0.15, 0.2) is 11.5 Å². The van der Waals surface area contributed by atoms with Crippen LogP contribution in [0.4, 0.5) is 11.6 Å². The minimum Gasteiger partial charge on any atom is -0.493 e. The molecular weight excluding hydrogens is 446 g/mol. The summed E-state index contributed by atoms with van der Waals surface area (Å²) in [6, 6.07) is 11.5. The Morgan fingerprint density at radius 3 is 2.42 bits per heavy atom. The maximum atomic E-state index is 12.6. The van der Waals surface area contributed by atoms with E-state index in [0.717, 1.165) is 5.56 Å². The molecule has 0 aliphatic rings. The normalized spacial score (nSPS) is 11.2. The van der Waals surface area contributed by atoms with Gasteiger partial charge >= 0.3 is 0 Å². The van der Waals surface area contributed by atoms with Gasteiger partial charge in [0.25, 0.3) is 10.0 Å². The molecule has 2 N–H and O–H groups in total. The Balaban J connectivity index is 1.58. The molecule has 0 bridgehead atoms. The monoisotopic (exact) mass is 473 g/mol. The number of sulfonamides is 1. The van der Waals surface area contributed by atoms with Crippen molar-refractivity contribution in [3.63, 3.8) is 0 Å². The molecule has 3 rings (SSSR count). The van der Waals surface area contributed by atoms with Crippen molar-refractivity contribution in [2.45, 2.75) is 38.5 Å². The molecule has 10 heteroatoms. The summed E-state index contributed by atoms with van der Waals surface area (Å²) in [6.45, 7) is 5.87. The van der Waals surface area contributed by atoms with Crippen LogP contribution in [0.1, 0.15) is 30.2 Å². The van der Waals surface area contributed by atoms with Crippen molar-refractivity contribution in [3.8, 4) is 11.5 Å². The van der Waals surface area contributed by atoms with E-state index in [4.69, 9.17) is 14.0 Å². The Bertz CT molecular complexity index is 1220. The lowest BCUT2D eigenvalue weighted by molar-refractivity contribution is -0.116. The van der Waals surface area contributed by atoms with E-state index in [9.17, 15) is 13.2 Å². The standard InChI is InChI=1S/C23H27N3O6S/c1-5-31-20-12-6-17(14-21(20)30-4)7-13-22(27)24-18-8-10-19(11-9-18)33(28,29)26-23-15(2)16(3)25-32-23/h6,8-12,14,26H,5,7,13H2,1-4H3,(H,24,27). The fourth-order valence-corrected chi connectivity index (χ4v) is 4.08. The van der Waals surface area contributed by atoms with Gasteiger partial charge in [0.2, 0.25) is 11.8 Å². The lowest BCUT2D eigenvalue weighted by Crippen LogP contribution is -2.14. The van der Waals surface area contributed by atoms with Crippen molar-refractivity contribution in [2.24, 2.45) is 0 Å². The molecule has 0 saturated heterocycles. The predicted molar refractivity (Wildman–Crippen MR) is 124 cm³/mol. The van der Waals surface area contributed by atoms with Gasteiger partial charge in [-0.15, -0.1) is 0 Å². The van der Waals surface area contributed by atoms with Crippen LogP contribution in [0.5, 0.6) is 11.5 Å². The summed E-state index contributed by atoms with van der Waals surface area (Å²) >= 11 is 0. The number of hydrogen-bond donors (Lipinski definition) is 2. The number of aromatic nitrogens is 1. The number of ether oxygens (including phenoxy) is 2.